The van der Waals surface area contributed by atoms with Gasteiger partial charge in [-0.3, -0.25) is 0 Å². The maximum absolute atomic E-state index is 4.50. The number of aromatic nitrogens is 3. The molecule has 2 rings (SSSR count). The molecule has 1 aliphatic rings. The predicted molar refractivity (Wildman–Crippen MR) is 59.8 cm³/mol. The number of rotatable bonds is 4. The Labute approximate surface area is 90.5 Å². The molecule has 1 saturated carbocycles. The van der Waals surface area contributed by atoms with Gasteiger partial charge in [-0.15, -0.1) is 5.10 Å². The number of anilines is 1. The molecule has 0 radical (unpaired) electrons. The van der Waals surface area contributed by atoms with Crippen molar-refractivity contribution in [3.8, 4) is 0 Å². The van der Waals surface area contributed by atoms with Gasteiger partial charge >= 0.3 is 0 Å². The van der Waals surface area contributed by atoms with Crippen LogP contribution in [0, 0.1) is 0 Å². The number of nitrogens with zero attached hydrogens (tertiary/aromatic N) is 3. The number of hydrogen-bond donors (Lipinski definition) is 1. The van der Waals surface area contributed by atoms with Gasteiger partial charge in [0.2, 0.25) is 5.95 Å². The highest BCUT2D eigenvalue weighted by Crippen LogP contribution is 2.21. The second-order valence-electron chi connectivity index (χ2n) is 4.01. The molecule has 1 heterocycles. The van der Waals surface area contributed by atoms with Crippen molar-refractivity contribution in [3.05, 3.63) is 11.4 Å². The van der Waals surface area contributed by atoms with Crippen molar-refractivity contribution in [3.63, 3.8) is 0 Å². The van der Waals surface area contributed by atoms with E-state index < -0.39 is 0 Å². The Kier molecular flexibility index (Phi) is 3.14. The summed E-state index contributed by atoms with van der Waals surface area (Å²) in [5.74, 6) is 0.703. The van der Waals surface area contributed by atoms with E-state index in [9.17, 15) is 0 Å². The van der Waals surface area contributed by atoms with Gasteiger partial charge in [0.1, 0.15) is 0 Å². The van der Waals surface area contributed by atoms with Crippen LogP contribution in [0.4, 0.5) is 5.95 Å². The Bertz CT molecular complexity index is 333. The molecule has 0 amide bonds. The average Bonchev–Trinajstić information content (AvgIpc) is 2.23. The molecule has 0 unspecified atom stereocenters. The van der Waals surface area contributed by atoms with Crippen LogP contribution in [-0.4, -0.2) is 21.2 Å². The third-order valence-corrected chi connectivity index (χ3v) is 2.95. The minimum absolute atomic E-state index is 0.573. The van der Waals surface area contributed by atoms with Gasteiger partial charge in [0.15, 0.2) is 0 Å². The summed E-state index contributed by atoms with van der Waals surface area (Å²) in [6.07, 6.45) is 5.63. The van der Waals surface area contributed by atoms with Crippen molar-refractivity contribution >= 4 is 5.95 Å². The number of nitrogens with one attached hydrogen (secondary N) is 1. The lowest BCUT2D eigenvalue weighted by Gasteiger charge is -2.26. The molecule has 0 atom stereocenters. The van der Waals surface area contributed by atoms with Crippen LogP contribution in [0.2, 0.25) is 0 Å². The van der Waals surface area contributed by atoms with Crippen LogP contribution in [0.25, 0.3) is 0 Å². The summed E-state index contributed by atoms with van der Waals surface area (Å²) in [4.78, 5) is 4.50. The van der Waals surface area contributed by atoms with Crippen molar-refractivity contribution in [2.75, 3.05) is 5.32 Å². The molecule has 4 heteroatoms. The zero-order chi connectivity index (χ0) is 10.7. The summed E-state index contributed by atoms with van der Waals surface area (Å²) in [5, 5.41) is 11.6. The fourth-order valence-electron chi connectivity index (χ4n) is 1.73. The highest BCUT2D eigenvalue weighted by atomic mass is 15.2. The zero-order valence-electron chi connectivity index (χ0n) is 9.45. The molecule has 0 bridgehead atoms. The van der Waals surface area contributed by atoms with E-state index in [1.165, 1.54) is 19.3 Å². The Hall–Kier alpha value is -1.19. The lowest BCUT2D eigenvalue weighted by molar-refractivity contribution is 0.442. The van der Waals surface area contributed by atoms with Crippen molar-refractivity contribution < 1.29 is 0 Å². The molecular weight excluding hydrogens is 188 g/mol. The second-order valence-corrected chi connectivity index (χ2v) is 4.01. The van der Waals surface area contributed by atoms with E-state index in [1.807, 2.05) is 0 Å². The highest BCUT2D eigenvalue weighted by molar-refractivity contribution is 5.27. The van der Waals surface area contributed by atoms with Gasteiger partial charge in [-0.1, -0.05) is 13.8 Å². The Morgan fingerprint density at radius 2 is 1.87 bits per heavy atom. The summed E-state index contributed by atoms with van der Waals surface area (Å²) < 4.78 is 0. The fraction of sp³-hybridized carbons (Fsp3) is 0.727. The first-order valence-corrected chi connectivity index (χ1v) is 5.82. The molecule has 1 aromatic heterocycles. The first-order chi connectivity index (χ1) is 7.33. The van der Waals surface area contributed by atoms with Crippen LogP contribution >= 0.6 is 0 Å². The van der Waals surface area contributed by atoms with Crippen LogP contribution in [0.1, 0.15) is 44.5 Å². The third kappa shape index (κ3) is 2.25. The van der Waals surface area contributed by atoms with Gasteiger partial charge in [0.05, 0.1) is 11.4 Å². The summed E-state index contributed by atoms with van der Waals surface area (Å²) in [7, 11) is 0. The topological polar surface area (TPSA) is 50.7 Å². The molecule has 0 aromatic carbocycles. The quantitative estimate of drug-likeness (QED) is 0.818. The highest BCUT2D eigenvalue weighted by Gasteiger charge is 2.18. The normalized spacial score (nSPS) is 16.1. The summed E-state index contributed by atoms with van der Waals surface area (Å²) in [6.45, 7) is 4.19. The maximum Gasteiger partial charge on any atom is 0.243 e. The smallest absolute Gasteiger partial charge is 0.243 e. The molecule has 0 saturated heterocycles. The molecule has 1 N–H and O–H groups in total. The summed E-state index contributed by atoms with van der Waals surface area (Å²) in [6, 6.07) is 0.573. The molecular formula is C11H18N4. The Morgan fingerprint density at radius 3 is 2.40 bits per heavy atom. The third-order valence-electron chi connectivity index (χ3n) is 2.95. The minimum Gasteiger partial charge on any atom is -0.350 e. The zero-order valence-corrected chi connectivity index (χ0v) is 9.45. The first-order valence-electron chi connectivity index (χ1n) is 5.82. The number of hydrogen-bond acceptors (Lipinski definition) is 4. The molecule has 82 valence electrons. The van der Waals surface area contributed by atoms with E-state index in [0.717, 1.165) is 24.2 Å². The molecule has 4 nitrogen and oxygen atoms in total. The van der Waals surface area contributed by atoms with Gasteiger partial charge in [-0.2, -0.15) is 5.10 Å². The lowest BCUT2D eigenvalue weighted by atomic mass is 9.93. The lowest BCUT2D eigenvalue weighted by Crippen LogP contribution is -2.28. The van der Waals surface area contributed by atoms with Gasteiger partial charge in [-0.25, -0.2) is 4.98 Å². The molecule has 1 aliphatic carbocycles. The van der Waals surface area contributed by atoms with E-state index in [-0.39, 0.29) is 0 Å². The standard InChI is InChI=1S/C11H18N4/c1-3-9-10(4-2)14-15-11(13-9)12-8-6-5-7-8/h8H,3-7H2,1-2H3,(H,12,13,15). The monoisotopic (exact) mass is 206 g/mol. The van der Waals surface area contributed by atoms with Crippen molar-refractivity contribution in [2.45, 2.75) is 52.0 Å². The SMILES string of the molecule is CCc1nnc(NC2CCC2)nc1CC. The van der Waals surface area contributed by atoms with Gasteiger partial charge in [0.25, 0.3) is 0 Å². The predicted octanol–water partition coefficient (Wildman–Crippen LogP) is 1.96. The fourth-order valence-corrected chi connectivity index (χ4v) is 1.73. The second kappa shape index (κ2) is 4.55. The molecule has 1 aromatic rings. The van der Waals surface area contributed by atoms with E-state index in [2.05, 4.69) is 34.3 Å². The van der Waals surface area contributed by atoms with E-state index >= 15 is 0 Å². The van der Waals surface area contributed by atoms with Gasteiger partial charge < -0.3 is 5.32 Å². The molecule has 0 aliphatic heterocycles. The summed E-state index contributed by atoms with van der Waals surface area (Å²) >= 11 is 0. The van der Waals surface area contributed by atoms with Gasteiger partial charge in [-0.05, 0) is 32.1 Å². The van der Waals surface area contributed by atoms with Crippen molar-refractivity contribution in [2.24, 2.45) is 0 Å². The first kappa shape index (κ1) is 10.3. The summed E-state index contributed by atoms with van der Waals surface area (Å²) in [5.41, 5.74) is 2.10. The molecule has 0 spiro atoms. The average molecular weight is 206 g/mol. The van der Waals surface area contributed by atoms with Crippen molar-refractivity contribution in [1.82, 2.24) is 15.2 Å². The minimum atomic E-state index is 0.573. The Balaban J connectivity index is 2.10. The van der Waals surface area contributed by atoms with E-state index in [4.69, 9.17) is 0 Å². The van der Waals surface area contributed by atoms with Crippen LogP contribution < -0.4 is 5.32 Å². The van der Waals surface area contributed by atoms with E-state index in [0.29, 0.717) is 12.0 Å². The van der Waals surface area contributed by atoms with Crippen LogP contribution in [-0.2, 0) is 12.8 Å². The van der Waals surface area contributed by atoms with Gasteiger partial charge in [0, 0.05) is 6.04 Å². The van der Waals surface area contributed by atoms with Crippen molar-refractivity contribution in [1.29, 1.82) is 0 Å². The Morgan fingerprint density at radius 1 is 1.13 bits per heavy atom. The largest absolute Gasteiger partial charge is 0.350 e. The maximum atomic E-state index is 4.50. The molecule has 1 fully saturated rings. The van der Waals surface area contributed by atoms with Crippen LogP contribution in [0.3, 0.4) is 0 Å². The van der Waals surface area contributed by atoms with Crippen LogP contribution in [0.5, 0.6) is 0 Å². The molecule has 15 heavy (non-hydrogen) atoms. The number of aryl methyl sites for hydroxylation is 2. The van der Waals surface area contributed by atoms with Crippen LogP contribution in [0.15, 0.2) is 0 Å². The van der Waals surface area contributed by atoms with E-state index in [1.54, 1.807) is 0 Å².